The molecule has 1 aliphatic rings. The van der Waals surface area contributed by atoms with Gasteiger partial charge in [0.15, 0.2) is 5.82 Å². The lowest BCUT2D eigenvalue weighted by atomic mass is 10.0. The second-order valence-electron chi connectivity index (χ2n) is 6.82. The molecular weight excluding hydrogens is 384 g/mol. The minimum absolute atomic E-state index is 0.141. The summed E-state index contributed by atoms with van der Waals surface area (Å²) in [5, 5.41) is 18.5. The van der Waals surface area contributed by atoms with Crippen LogP contribution in [0.2, 0.25) is 5.02 Å². The summed E-state index contributed by atoms with van der Waals surface area (Å²) < 4.78 is 1.88. The average molecular weight is 401 g/mol. The zero-order valence-corrected chi connectivity index (χ0v) is 16.1. The van der Waals surface area contributed by atoms with E-state index >= 15 is 0 Å². The molecule has 0 amide bonds. The lowest BCUT2D eigenvalue weighted by Gasteiger charge is -2.24. The van der Waals surface area contributed by atoms with Gasteiger partial charge in [-0.3, -0.25) is 0 Å². The molecule has 6 heteroatoms. The number of phenols is 1. The van der Waals surface area contributed by atoms with E-state index in [1.807, 2.05) is 71.4 Å². The highest BCUT2D eigenvalue weighted by Gasteiger charge is 2.25. The molecule has 0 saturated carbocycles. The van der Waals surface area contributed by atoms with Gasteiger partial charge in [-0.2, -0.15) is 4.98 Å². The molecule has 142 valence electrons. The smallest absolute Gasteiger partial charge is 0.227 e. The molecule has 1 aliphatic heterocycles. The van der Waals surface area contributed by atoms with E-state index < -0.39 is 0 Å². The number of allylic oxidation sites excluding steroid dienone is 1. The number of phenolic OH excluding ortho intramolecular Hbond substituents is 1. The molecular formula is C23H17ClN4O. The Morgan fingerprint density at radius 3 is 2.31 bits per heavy atom. The van der Waals surface area contributed by atoms with Crippen LogP contribution >= 0.6 is 11.6 Å². The zero-order valence-electron chi connectivity index (χ0n) is 15.3. The fourth-order valence-electron chi connectivity index (χ4n) is 3.41. The first-order valence-electron chi connectivity index (χ1n) is 9.23. The molecule has 0 spiro atoms. The van der Waals surface area contributed by atoms with E-state index in [2.05, 4.69) is 11.4 Å². The van der Waals surface area contributed by atoms with E-state index in [1.54, 1.807) is 12.1 Å². The number of anilines is 1. The van der Waals surface area contributed by atoms with E-state index in [0.29, 0.717) is 16.8 Å². The van der Waals surface area contributed by atoms with Crippen molar-refractivity contribution in [2.45, 2.75) is 6.04 Å². The molecule has 0 fully saturated rings. The third-order valence-electron chi connectivity index (χ3n) is 4.89. The Morgan fingerprint density at radius 1 is 0.862 bits per heavy atom. The molecule has 0 aliphatic carbocycles. The minimum Gasteiger partial charge on any atom is -0.508 e. The molecule has 5 rings (SSSR count). The number of benzene rings is 3. The minimum atomic E-state index is -0.141. The van der Waals surface area contributed by atoms with Crippen LogP contribution in [0, 0.1) is 0 Å². The first-order valence-corrected chi connectivity index (χ1v) is 9.61. The Bertz CT molecular complexity index is 1180. The van der Waals surface area contributed by atoms with E-state index in [1.165, 1.54) is 0 Å². The number of nitrogens with zero attached hydrogens (tertiary/aromatic N) is 3. The highest BCUT2D eigenvalue weighted by molar-refractivity contribution is 6.30. The van der Waals surface area contributed by atoms with Gasteiger partial charge in [-0.1, -0.05) is 54.1 Å². The molecule has 29 heavy (non-hydrogen) atoms. The van der Waals surface area contributed by atoms with Crippen molar-refractivity contribution in [1.29, 1.82) is 0 Å². The van der Waals surface area contributed by atoms with Gasteiger partial charge in [-0.25, -0.2) is 4.68 Å². The molecule has 2 N–H and O–H groups in total. The molecule has 4 aromatic rings. The van der Waals surface area contributed by atoms with Crippen molar-refractivity contribution in [3.63, 3.8) is 0 Å². The van der Waals surface area contributed by atoms with Gasteiger partial charge >= 0.3 is 0 Å². The first kappa shape index (κ1) is 17.5. The first-order chi connectivity index (χ1) is 14.2. The van der Waals surface area contributed by atoms with Crippen LogP contribution in [-0.4, -0.2) is 19.9 Å². The van der Waals surface area contributed by atoms with Crippen LogP contribution in [-0.2, 0) is 0 Å². The van der Waals surface area contributed by atoms with Crippen molar-refractivity contribution >= 4 is 23.2 Å². The van der Waals surface area contributed by atoms with Crippen molar-refractivity contribution in [3.8, 4) is 17.1 Å². The van der Waals surface area contributed by atoms with Crippen LogP contribution in [0.15, 0.2) is 84.9 Å². The van der Waals surface area contributed by atoms with Crippen molar-refractivity contribution in [1.82, 2.24) is 14.8 Å². The molecule has 5 nitrogen and oxygen atoms in total. The Kier molecular flexibility index (Phi) is 4.30. The fourth-order valence-corrected chi connectivity index (χ4v) is 3.54. The second kappa shape index (κ2) is 7.11. The lowest BCUT2D eigenvalue weighted by Crippen LogP contribution is -2.20. The Hall–Kier alpha value is -3.57. The maximum Gasteiger partial charge on any atom is 0.227 e. The summed E-state index contributed by atoms with van der Waals surface area (Å²) in [6.45, 7) is 0. The highest BCUT2D eigenvalue weighted by Crippen LogP contribution is 2.34. The Labute approximate surface area is 172 Å². The number of halogens is 1. The largest absolute Gasteiger partial charge is 0.508 e. The highest BCUT2D eigenvalue weighted by atomic mass is 35.5. The third kappa shape index (κ3) is 3.37. The van der Waals surface area contributed by atoms with E-state index in [-0.39, 0.29) is 11.8 Å². The third-order valence-corrected chi connectivity index (χ3v) is 5.14. The number of aromatic nitrogens is 3. The van der Waals surface area contributed by atoms with Crippen LogP contribution in [0.4, 0.5) is 5.95 Å². The molecule has 2 heterocycles. The molecule has 0 radical (unpaired) electrons. The summed E-state index contributed by atoms with van der Waals surface area (Å²) in [5.74, 6) is 1.55. The number of hydrogen-bond donors (Lipinski definition) is 2. The van der Waals surface area contributed by atoms with Crippen LogP contribution in [0.5, 0.6) is 5.75 Å². The van der Waals surface area contributed by atoms with E-state index in [4.69, 9.17) is 21.7 Å². The van der Waals surface area contributed by atoms with Gasteiger partial charge in [0, 0.05) is 16.3 Å². The predicted molar refractivity (Wildman–Crippen MR) is 115 cm³/mol. The molecule has 1 atom stereocenters. The standard InChI is InChI=1S/C23H17ClN4O/c24-18-10-6-16(7-11-18)21-14-20(15-8-12-19(29)13-9-15)25-23-26-22(27-28(21)23)17-4-2-1-3-5-17/h1-14,21,29H,(H,25,26,27). The van der Waals surface area contributed by atoms with Gasteiger partial charge in [-0.05, 0) is 53.6 Å². The van der Waals surface area contributed by atoms with Crippen LogP contribution in [0.3, 0.4) is 0 Å². The molecule has 0 bridgehead atoms. The van der Waals surface area contributed by atoms with Gasteiger partial charge < -0.3 is 10.4 Å². The van der Waals surface area contributed by atoms with Gasteiger partial charge in [0.1, 0.15) is 11.8 Å². The van der Waals surface area contributed by atoms with Crippen molar-refractivity contribution in [2.75, 3.05) is 5.32 Å². The van der Waals surface area contributed by atoms with Crippen molar-refractivity contribution in [3.05, 3.63) is 101 Å². The van der Waals surface area contributed by atoms with E-state index in [0.717, 1.165) is 22.4 Å². The molecule has 3 aromatic carbocycles. The zero-order chi connectivity index (χ0) is 19.8. The monoisotopic (exact) mass is 400 g/mol. The fraction of sp³-hybridized carbons (Fsp3) is 0.0435. The normalized spacial score (nSPS) is 15.3. The number of fused-ring (bicyclic) bond motifs is 1. The summed E-state index contributed by atoms with van der Waals surface area (Å²) in [4.78, 5) is 4.73. The van der Waals surface area contributed by atoms with Gasteiger partial charge in [-0.15, -0.1) is 5.10 Å². The van der Waals surface area contributed by atoms with Crippen LogP contribution in [0.1, 0.15) is 17.2 Å². The number of aromatic hydroxyl groups is 1. The van der Waals surface area contributed by atoms with Crippen molar-refractivity contribution < 1.29 is 5.11 Å². The van der Waals surface area contributed by atoms with Crippen LogP contribution < -0.4 is 5.32 Å². The number of rotatable bonds is 3. The molecule has 0 saturated heterocycles. The number of hydrogen-bond acceptors (Lipinski definition) is 4. The van der Waals surface area contributed by atoms with Crippen molar-refractivity contribution in [2.24, 2.45) is 0 Å². The SMILES string of the molecule is Oc1ccc(C2=CC(c3ccc(Cl)cc3)n3nc(-c4ccccc4)nc3N2)cc1. The summed E-state index contributed by atoms with van der Waals surface area (Å²) in [5.41, 5.74) is 3.87. The second-order valence-corrected chi connectivity index (χ2v) is 7.25. The molecule has 1 unspecified atom stereocenters. The lowest BCUT2D eigenvalue weighted by molar-refractivity contribution is 0.475. The predicted octanol–water partition coefficient (Wildman–Crippen LogP) is 5.36. The summed E-state index contributed by atoms with van der Waals surface area (Å²) in [6, 6.07) is 24.6. The maximum absolute atomic E-state index is 9.62. The topological polar surface area (TPSA) is 63.0 Å². The Balaban J connectivity index is 1.62. The number of nitrogens with one attached hydrogen (secondary N) is 1. The summed E-state index contributed by atoms with van der Waals surface area (Å²) in [6.07, 6.45) is 2.10. The van der Waals surface area contributed by atoms with Gasteiger partial charge in [0.05, 0.1) is 0 Å². The average Bonchev–Trinajstić information content (AvgIpc) is 3.19. The Morgan fingerprint density at radius 2 is 1.59 bits per heavy atom. The summed E-state index contributed by atoms with van der Waals surface area (Å²) >= 11 is 6.09. The summed E-state index contributed by atoms with van der Waals surface area (Å²) in [7, 11) is 0. The maximum atomic E-state index is 9.62. The van der Waals surface area contributed by atoms with Gasteiger partial charge in [0.2, 0.25) is 5.95 Å². The van der Waals surface area contributed by atoms with Gasteiger partial charge in [0.25, 0.3) is 0 Å². The molecule has 1 aromatic heterocycles. The van der Waals surface area contributed by atoms with Crippen LogP contribution in [0.25, 0.3) is 17.1 Å². The van der Waals surface area contributed by atoms with E-state index in [9.17, 15) is 5.11 Å². The quantitative estimate of drug-likeness (QED) is 0.486.